The Bertz CT molecular complexity index is 570. The third kappa shape index (κ3) is 6.08. The number of carbonyl (C=O) groups is 2. The maximum absolute atomic E-state index is 11.9. The van der Waals surface area contributed by atoms with Gasteiger partial charge in [-0.25, -0.2) is 4.79 Å². The average Bonchev–Trinajstić information content (AvgIpc) is 3.05. The van der Waals surface area contributed by atoms with Crippen molar-refractivity contribution in [2.45, 2.75) is 38.7 Å². The van der Waals surface area contributed by atoms with E-state index < -0.39 is 5.97 Å². The summed E-state index contributed by atoms with van der Waals surface area (Å²) in [5.41, 5.74) is 1.61. The summed E-state index contributed by atoms with van der Waals surface area (Å²) < 4.78 is 11.4. The van der Waals surface area contributed by atoms with Gasteiger partial charge in [0.2, 0.25) is 0 Å². The molecule has 1 aromatic carbocycles. The second kappa shape index (κ2) is 9.12. The zero-order valence-electron chi connectivity index (χ0n) is 13.8. The molecule has 0 saturated carbocycles. The maximum atomic E-state index is 11.9. The molecule has 1 fully saturated rings. The molecule has 1 aliphatic rings. The van der Waals surface area contributed by atoms with Crippen molar-refractivity contribution in [2.75, 3.05) is 25.1 Å². The predicted octanol–water partition coefficient (Wildman–Crippen LogP) is 2.54. The van der Waals surface area contributed by atoms with Crippen LogP contribution in [0.2, 0.25) is 0 Å². The molecular formula is C17H24N2O5. The Labute approximate surface area is 141 Å². The largest absolute Gasteiger partial charge is 0.489 e. The summed E-state index contributed by atoms with van der Waals surface area (Å²) in [6.45, 7) is 3.48. The Kier molecular flexibility index (Phi) is 6.87. The highest BCUT2D eigenvalue weighted by molar-refractivity contribution is 5.91. The number of aryl methyl sites for hydroxylation is 1. The Hall–Kier alpha value is -2.28. The number of carbonyl (C=O) groups excluding carboxylic acids is 1. The average molecular weight is 336 g/mol. The number of nitrogens with one attached hydrogen (secondary N) is 2. The van der Waals surface area contributed by atoms with Gasteiger partial charge < -0.3 is 25.2 Å². The van der Waals surface area contributed by atoms with Gasteiger partial charge >= 0.3 is 12.0 Å². The van der Waals surface area contributed by atoms with Crippen LogP contribution in [0.3, 0.4) is 0 Å². The minimum atomic E-state index is -0.874. The lowest BCUT2D eigenvalue weighted by atomic mass is 10.2. The molecule has 2 amide bonds. The molecule has 1 saturated heterocycles. The van der Waals surface area contributed by atoms with E-state index in [-0.39, 0.29) is 18.6 Å². The van der Waals surface area contributed by atoms with E-state index in [0.29, 0.717) is 31.0 Å². The van der Waals surface area contributed by atoms with Gasteiger partial charge in [-0.15, -0.1) is 0 Å². The highest BCUT2D eigenvalue weighted by atomic mass is 16.5. The van der Waals surface area contributed by atoms with Gasteiger partial charge in [0.25, 0.3) is 0 Å². The van der Waals surface area contributed by atoms with Crippen LogP contribution in [0.25, 0.3) is 0 Å². The standard InChI is InChI=1S/C17H24N2O5/c1-12-6-7-14(19-17(22)18-8-2-5-16(20)21)15(10-12)24-11-13-4-3-9-23-13/h6-7,10,13H,2-5,8-9,11H2,1H3,(H,20,21)(H2,18,19,22). The SMILES string of the molecule is Cc1ccc(NC(=O)NCCCC(=O)O)c(OCC2CCCO2)c1. The quantitative estimate of drug-likeness (QED) is 0.634. The van der Waals surface area contributed by atoms with Crippen LogP contribution >= 0.6 is 0 Å². The summed E-state index contributed by atoms with van der Waals surface area (Å²) in [7, 11) is 0. The van der Waals surface area contributed by atoms with Gasteiger partial charge in [-0.05, 0) is 43.9 Å². The van der Waals surface area contributed by atoms with E-state index in [0.717, 1.165) is 25.0 Å². The summed E-state index contributed by atoms with van der Waals surface area (Å²) in [5.74, 6) is -0.272. The fourth-order valence-electron chi connectivity index (χ4n) is 2.42. The summed E-state index contributed by atoms with van der Waals surface area (Å²) in [5, 5.41) is 13.9. The molecule has 1 unspecified atom stereocenters. The van der Waals surface area contributed by atoms with Crippen LogP contribution in [0.1, 0.15) is 31.2 Å². The molecule has 132 valence electrons. The summed E-state index contributed by atoms with van der Waals surface area (Å²) >= 11 is 0. The van der Waals surface area contributed by atoms with E-state index in [1.54, 1.807) is 6.07 Å². The molecule has 1 aliphatic heterocycles. The first-order valence-electron chi connectivity index (χ1n) is 8.16. The van der Waals surface area contributed by atoms with Crippen LogP contribution in [-0.4, -0.2) is 43.0 Å². The number of hydrogen-bond donors (Lipinski definition) is 3. The van der Waals surface area contributed by atoms with Crippen molar-refractivity contribution in [3.8, 4) is 5.75 Å². The van der Waals surface area contributed by atoms with Crippen molar-refractivity contribution in [1.82, 2.24) is 5.32 Å². The molecule has 2 rings (SSSR count). The number of ether oxygens (including phenoxy) is 2. The molecule has 3 N–H and O–H groups in total. The fraction of sp³-hybridized carbons (Fsp3) is 0.529. The number of hydrogen-bond acceptors (Lipinski definition) is 4. The van der Waals surface area contributed by atoms with Crippen LogP contribution in [-0.2, 0) is 9.53 Å². The van der Waals surface area contributed by atoms with Crippen LogP contribution in [0, 0.1) is 6.92 Å². The van der Waals surface area contributed by atoms with Gasteiger partial charge in [0.15, 0.2) is 0 Å². The van der Waals surface area contributed by atoms with Crippen molar-refractivity contribution in [3.63, 3.8) is 0 Å². The van der Waals surface area contributed by atoms with Gasteiger partial charge in [-0.3, -0.25) is 4.79 Å². The summed E-state index contributed by atoms with van der Waals surface area (Å²) in [4.78, 5) is 22.3. The Balaban J connectivity index is 1.86. The number of urea groups is 1. The summed E-state index contributed by atoms with van der Waals surface area (Å²) in [6, 6.07) is 5.16. The van der Waals surface area contributed by atoms with Gasteiger partial charge in [-0.1, -0.05) is 6.07 Å². The van der Waals surface area contributed by atoms with Gasteiger partial charge in [0.05, 0.1) is 11.8 Å². The normalized spacial score (nSPS) is 16.6. The van der Waals surface area contributed by atoms with E-state index in [4.69, 9.17) is 14.6 Å². The van der Waals surface area contributed by atoms with Crippen molar-refractivity contribution < 1.29 is 24.2 Å². The first-order valence-corrected chi connectivity index (χ1v) is 8.16. The van der Waals surface area contributed by atoms with Gasteiger partial charge in [-0.2, -0.15) is 0 Å². The molecule has 1 aromatic rings. The van der Waals surface area contributed by atoms with Crippen molar-refractivity contribution in [1.29, 1.82) is 0 Å². The van der Waals surface area contributed by atoms with E-state index in [1.165, 1.54) is 0 Å². The second-order valence-corrected chi connectivity index (χ2v) is 5.82. The topological polar surface area (TPSA) is 96.9 Å². The zero-order valence-corrected chi connectivity index (χ0v) is 13.8. The minimum Gasteiger partial charge on any atom is -0.489 e. The van der Waals surface area contributed by atoms with Crippen molar-refractivity contribution in [2.24, 2.45) is 0 Å². The van der Waals surface area contributed by atoms with E-state index >= 15 is 0 Å². The Morgan fingerprint density at radius 1 is 1.42 bits per heavy atom. The molecule has 0 radical (unpaired) electrons. The zero-order chi connectivity index (χ0) is 17.4. The lowest BCUT2D eigenvalue weighted by Crippen LogP contribution is -2.30. The number of amides is 2. The third-order valence-electron chi connectivity index (χ3n) is 3.69. The molecule has 0 aliphatic carbocycles. The number of carboxylic acid groups (broad SMARTS) is 1. The molecule has 0 aromatic heterocycles. The molecule has 24 heavy (non-hydrogen) atoms. The molecule has 0 spiro atoms. The van der Waals surface area contributed by atoms with Crippen LogP contribution in [0.15, 0.2) is 18.2 Å². The van der Waals surface area contributed by atoms with Crippen molar-refractivity contribution >= 4 is 17.7 Å². The summed E-state index contributed by atoms with van der Waals surface area (Å²) in [6.07, 6.45) is 2.55. The molecule has 1 heterocycles. The van der Waals surface area contributed by atoms with E-state index in [1.807, 2.05) is 19.1 Å². The highest BCUT2D eigenvalue weighted by Gasteiger charge is 2.17. The molecule has 7 nitrogen and oxygen atoms in total. The van der Waals surface area contributed by atoms with Crippen LogP contribution in [0.5, 0.6) is 5.75 Å². The second-order valence-electron chi connectivity index (χ2n) is 5.82. The van der Waals surface area contributed by atoms with Crippen LogP contribution in [0.4, 0.5) is 10.5 Å². The van der Waals surface area contributed by atoms with Gasteiger partial charge in [0.1, 0.15) is 12.4 Å². The predicted molar refractivity (Wildman–Crippen MR) is 89.5 cm³/mol. The smallest absolute Gasteiger partial charge is 0.319 e. The Morgan fingerprint density at radius 2 is 2.25 bits per heavy atom. The minimum absolute atomic E-state index is 0.0283. The lowest BCUT2D eigenvalue weighted by Gasteiger charge is -2.16. The first-order chi connectivity index (χ1) is 11.5. The number of rotatable bonds is 8. The van der Waals surface area contributed by atoms with E-state index in [2.05, 4.69) is 10.6 Å². The first kappa shape index (κ1) is 18.1. The highest BCUT2D eigenvalue weighted by Crippen LogP contribution is 2.26. The fourth-order valence-corrected chi connectivity index (χ4v) is 2.42. The third-order valence-corrected chi connectivity index (χ3v) is 3.69. The molecule has 1 atom stereocenters. The van der Waals surface area contributed by atoms with E-state index in [9.17, 15) is 9.59 Å². The lowest BCUT2D eigenvalue weighted by molar-refractivity contribution is -0.137. The molecule has 7 heteroatoms. The molecule has 0 bridgehead atoms. The van der Waals surface area contributed by atoms with Gasteiger partial charge in [0, 0.05) is 19.6 Å². The number of anilines is 1. The monoisotopic (exact) mass is 336 g/mol. The molecular weight excluding hydrogens is 312 g/mol. The maximum Gasteiger partial charge on any atom is 0.319 e. The number of benzene rings is 1. The van der Waals surface area contributed by atoms with Crippen LogP contribution < -0.4 is 15.4 Å². The Morgan fingerprint density at radius 3 is 2.96 bits per heavy atom. The number of carboxylic acids is 1. The number of aliphatic carboxylic acids is 1. The van der Waals surface area contributed by atoms with Crippen molar-refractivity contribution in [3.05, 3.63) is 23.8 Å².